The largest absolute Gasteiger partial charge is 0.134 e. The van der Waals surface area contributed by atoms with Gasteiger partial charge in [-0.15, -0.1) is 17.2 Å². The van der Waals surface area contributed by atoms with E-state index in [2.05, 4.69) is 29.8 Å². The molecule has 0 heterocycles. The van der Waals surface area contributed by atoms with Gasteiger partial charge in [-0.1, -0.05) is 19.9 Å². The van der Waals surface area contributed by atoms with Gasteiger partial charge in [0.05, 0.1) is 7.85 Å². The molecule has 0 aromatic heterocycles. The van der Waals surface area contributed by atoms with Crippen LogP contribution in [0.3, 0.4) is 0 Å². The Morgan fingerprint density at radius 3 is 2.11 bits per heavy atom. The van der Waals surface area contributed by atoms with Gasteiger partial charge >= 0.3 is 0 Å². The van der Waals surface area contributed by atoms with Crippen molar-refractivity contribution in [1.82, 2.24) is 0 Å². The highest BCUT2D eigenvalue weighted by molar-refractivity contribution is 7.59. The first-order chi connectivity index (χ1) is 4.09. The van der Waals surface area contributed by atoms with E-state index in [0.717, 1.165) is 11.7 Å². The lowest BCUT2D eigenvalue weighted by molar-refractivity contribution is 0.916. The van der Waals surface area contributed by atoms with Gasteiger partial charge in [-0.2, -0.15) is 0 Å². The molecule has 3 heteroatoms. The Hall–Kier alpha value is 0.925. The maximum absolute atomic E-state index is 5.53. The third-order valence-electron chi connectivity index (χ3n) is 1.74. The van der Waals surface area contributed by atoms with Crippen molar-refractivity contribution in [3.05, 3.63) is 0 Å². The first kappa shape index (κ1) is 9.92. The van der Waals surface area contributed by atoms with Crippen molar-refractivity contribution in [2.45, 2.75) is 25.2 Å². The quantitative estimate of drug-likeness (QED) is 0.436. The molecule has 0 rings (SSSR count). The number of hydrogen-bond donors (Lipinski definition) is 0. The van der Waals surface area contributed by atoms with Crippen molar-refractivity contribution in [3.8, 4) is 0 Å². The van der Waals surface area contributed by atoms with Gasteiger partial charge in [0, 0.05) is 0 Å². The van der Waals surface area contributed by atoms with Crippen molar-refractivity contribution in [2.24, 2.45) is 0 Å². The van der Waals surface area contributed by atoms with Crippen LogP contribution in [0.15, 0.2) is 0 Å². The molecule has 0 aromatic rings. The molecule has 0 bridgehead atoms. The molecule has 4 atom stereocenters. The lowest BCUT2D eigenvalue weighted by Gasteiger charge is -2.22. The van der Waals surface area contributed by atoms with Gasteiger partial charge in [-0.3, -0.25) is 0 Å². The Labute approximate surface area is 63.5 Å². The molecule has 9 heavy (non-hydrogen) atoms. The summed E-state index contributed by atoms with van der Waals surface area (Å²) in [6, 6.07) is 0.870. The molecule has 0 nitrogen and oxygen atoms in total. The Morgan fingerprint density at radius 1 is 1.56 bits per heavy atom. The van der Waals surface area contributed by atoms with E-state index in [4.69, 9.17) is 7.85 Å². The molecule has 2 radical (unpaired) electrons. The molecule has 0 fully saturated rings. The minimum absolute atomic E-state index is 0.0779. The van der Waals surface area contributed by atoms with Crippen molar-refractivity contribution < 1.29 is 0 Å². The Morgan fingerprint density at radius 2 is 2.00 bits per heavy atom. The predicted octanol–water partition coefficient (Wildman–Crippen LogP) is 1.88. The molecular weight excluding hydrogens is 145 g/mol. The van der Waals surface area contributed by atoms with Crippen LogP contribution in [0.1, 0.15) is 13.8 Å². The lowest BCUT2D eigenvalue weighted by Crippen LogP contribution is -2.12. The zero-order valence-electron chi connectivity index (χ0n) is 6.46. The van der Waals surface area contributed by atoms with Gasteiger partial charge in [0.25, 0.3) is 0 Å². The highest BCUT2D eigenvalue weighted by Crippen LogP contribution is 2.38. The summed E-state index contributed by atoms with van der Waals surface area (Å²) in [5.41, 5.74) is 1.50. The molecule has 0 amide bonds. The van der Waals surface area contributed by atoms with Crippen LogP contribution in [0.2, 0.25) is 0 Å². The minimum atomic E-state index is 0.0779. The summed E-state index contributed by atoms with van der Waals surface area (Å²) in [7, 11) is 8.44. The van der Waals surface area contributed by atoms with Crippen LogP contribution in [0, 0.1) is 0 Å². The number of hydrogen-bond acceptors (Lipinski definition) is 0. The minimum Gasteiger partial charge on any atom is -0.134 e. The summed E-state index contributed by atoms with van der Waals surface area (Å²) in [4.78, 5) is 0. The smallest absolute Gasteiger partial charge is 0.0715 e. The second kappa shape index (κ2) is 4.70. The van der Waals surface area contributed by atoms with E-state index in [0.29, 0.717) is 5.66 Å². The summed E-state index contributed by atoms with van der Waals surface area (Å²) in [6.45, 7) is 6.76. The Balaban J connectivity index is 3.58. The number of rotatable bonds is 3. The van der Waals surface area contributed by atoms with Crippen LogP contribution < -0.4 is 0 Å². The molecule has 0 aliphatic carbocycles. The fraction of sp³-hybridized carbons (Fsp3) is 1.00. The van der Waals surface area contributed by atoms with E-state index >= 15 is 0 Å². The summed E-state index contributed by atoms with van der Waals surface area (Å²) in [5, 5.41) is 0. The molecule has 0 saturated carbocycles. The highest BCUT2D eigenvalue weighted by atomic mass is 31.1. The first-order valence-electron chi connectivity index (χ1n) is 3.25. The summed E-state index contributed by atoms with van der Waals surface area (Å²) in [6.07, 6.45) is 0. The zero-order chi connectivity index (χ0) is 7.44. The van der Waals surface area contributed by atoms with Crippen LogP contribution in [0.25, 0.3) is 0 Å². The normalized spacial score (nSPS) is 20.9. The van der Waals surface area contributed by atoms with Crippen LogP contribution in [-0.4, -0.2) is 31.9 Å². The standard InChI is InChI=1S/C6H15BP2/c1-5(8)6(2)9(3)4-7/h5-6H,4,8H2,1-3H3/t5?,6-,9+/m0/s1. The molecular formula is C6H15BP2. The van der Waals surface area contributed by atoms with E-state index in [1.165, 1.54) is 0 Å². The fourth-order valence-electron chi connectivity index (χ4n) is 0.568. The van der Waals surface area contributed by atoms with E-state index in [1.807, 2.05) is 0 Å². The second-order valence-electron chi connectivity index (χ2n) is 2.54. The topological polar surface area (TPSA) is 0 Å². The third kappa shape index (κ3) is 3.59. The molecule has 0 aliphatic rings. The molecule has 0 aromatic carbocycles. The van der Waals surface area contributed by atoms with Crippen molar-refractivity contribution in [3.63, 3.8) is 0 Å². The van der Waals surface area contributed by atoms with Crippen LogP contribution in [0.4, 0.5) is 0 Å². The summed E-state index contributed by atoms with van der Waals surface area (Å²) in [5.74, 6) is 0. The highest BCUT2D eigenvalue weighted by Gasteiger charge is 2.12. The first-order valence-corrected chi connectivity index (χ1v) is 5.96. The molecule has 0 spiro atoms. The molecule has 0 N–H and O–H groups in total. The van der Waals surface area contributed by atoms with Crippen LogP contribution >= 0.6 is 17.2 Å². The van der Waals surface area contributed by atoms with E-state index < -0.39 is 0 Å². The van der Waals surface area contributed by atoms with E-state index in [-0.39, 0.29) is 7.92 Å². The lowest BCUT2D eigenvalue weighted by atomic mass is 10.2. The van der Waals surface area contributed by atoms with Crippen LogP contribution in [-0.2, 0) is 0 Å². The maximum Gasteiger partial charge on any atom is 0.0715 e. The van der Waals surface area contributed by atoms with Gasteiger partial charge in [0.1, 0.15) is 0 Å². The third-order valence-corrected chi connectivity index (χ3v) is 5.08. The SMILES string of the molecule is [B]C[P@@](C)[C@@H](C)C(C)P. The van der Waals surface area contributed by atoms with E-state index in [9.17, 15) is 0 Å². The zero-order valence-corrected chi connectivity index (χ0v) is 8.51. The molecule has 52 valence electrons. The van der Waals surface area contributed by atoms with Gasteiger partial charge in [0.2, 0.25) is 0 Å². The van der Waals surface area contributed by atoms with Crippen molar-refractivity contribution in [2.75, 3.05) is 12.7 Å². The average Bonchev–Trinajstić information content (AvgIpc) is 1.84. The Kier molecular flexibility index (Phi) is 5.18. The fourth-order valence-corrected chi connectivity index (χ4v) is 2.58. The molecule has 2 unspecified atom stereocenters. The summed E-state index contributed by atoms with van der Waals surface area (Å²) >= 11 is 0. The van der Waals surface area contributed by atoms with E-state index in [1.54, 1.807) is 0 Å². The predicted molar refractivity (Wildman–Crippen MR) is 52.1 cm³/mol. The average molecular weight is 160 g/mol. The Bertz CT molecular complexity index is 75.5. The van der Waals surface area contributed by atoms with Gasteiger partial charge in [-0.25, -0.2) is 0 Å². The molecule has 0 aliphatic heterocycles. The summed E-state index contributed by atoms with van der Waals surface area (Å²) < 4.78 is 0. The van der Waals surface area contributed by atoms with Gasteiger partial charge < -0.3 is 0 Å². The van der Waals surface area contributed by atoms with Crippen molar-refractivity contribution >= 4 is 25.0 Å². The van der Waals surface area contributed by atoms with Gasteiger partial charge in [-0.05, 0) is 18.0 Å². The van der Waals surface area contributed by atoms with Crippen LogP contribution in [0.5, 0.6) is 0 Å². The second-order valence-corrected chi connectivity index (χ2v) is 6.28. The molecule has 0 saturated heterocycles. The van der Waals surface area contributed by atoms with Crippen molar-refractivity contribution in [1.29, 1.82) is 0 Å². The monoisotopic (exact) mass is 160 g/mol. The van der Waals surface area contributed by atoms with Gasteiger partial charge in [0.15, 0.2) is 0 Å². The maximum atomic E-state index is 5.53.